The van der Waals surface area contributed by atoms with Gasteiger partial charge in [-0.05, 0) is 24.3 Å². The predicted octanol–water partition coefficient (Wildman–Crippen LogP) is 2.32. The molecular weight excluding hydrogens is 237 g/mol. The van der Waals surface area contributed by atoms with Gasteiger partial charge in [0.2, 0.25) is 5.95 Å². The SMILES string of the molecule is O=Cc1c(O)cccc1OCc1cccnc1F. The van der Waals surface area contributed by atoms with E-state index in [2.05, 4.69) is 4.98 Å². The lowest BCUT2D eigenvalue weighted by molar-refractivity contribution is 0.111. The van der Waals surface area contributed by atoms with Gasteiger partial charge in [0, 0.05) is 11.8 Å². The van der Waals surface area contributed by atoms with E-state index in [1.54, 1.807) is 6.07 Å². The Hall–Kier alpha value is -2.43. The summed E-state index contributed by atoms with van der Waals surface area (Å²) in [7, 11) is 0. The standard InChI is InChI=1S/C13H10FNO3/c14-13-9(3-2-6-15-13)8-18-12-5-1-4-11(17)10(12)7-16/h1-7,17H,8H2. The van der Waals surface area contributed by atoms with Crippen molar-refractivity contribution in [2.75, 3.05) is 0 Å². The Labute approximate surface area is 103 Å². The second kappa shape index (κ2) is 5.27. The van der Waals surface area contributed by atoms with Gasteiger partial charge in [0.25, 0.3) is 0 Å². The summed E-state index contributed by atoms with van der Waals surface area (Å²) < 4.78 is 18.5. The van der Waals surface area contributed by atoms with Crippen LogP contribution in [-0.4, -0.2) is 16.4 Å². The fourth-order valence-corrected chi connectivity index (χ4v) is 1.46. The number of aldehydes is 1. The van der Waals surface area contributed by atoms with Gasteiger partial charge in [-0.3, -0.25) is 4.79 Å². The van der Waals surface area contributed by atoms with Crippen LogP contribution < -0.4 is 4.74 Å². The molecule has 0 saturated carbocycles. The first-order valence-electron chi connectivity index (χ1n) is 5.21. The van der Waals surface area contributed by atoms with E-state index in [1.807, 2.05) is 0 Å². The average Bonchev–Trinajstić information content (AvgIpc) is 2.38. The van der Waals surface area contributed by atoms with Crippen molar-refractivity contribution in [2.45, 2.75) is 6.61 Å². The monoisotopic (exact) mass is 247 g/mol. The molecule has 0 spiro atoms. The van der Waals surface area contributed by atoms with Crippen LogP contribution in [0.2, 0.25) is 0 Å². The molecule has 0 unspecified atom stereocenters. The molecule has 2 rings (SSSR count). The Morgan fingerprint density at radius 3 is 2.89 bits per heavy atom. The number of rotatable bonds is 4. The van der Waals surface area contributed by atoms with Crippen molar-refractivity contribution in [3.63, 3.8) is 0 Å². The Morgan fingerprint density at radius 1 is 1.33 bits per heavy atom. The van der Waals surface area contributed by atoms with E-state index in [0.29, 0.717) is 6.29 Å². The summed E-state index contributed by atoms with van der Waals surface area (Å²) in [6, 6.07) is 7.56. The van der Waals surface area contributed by atoms with Crippen molar-refractivity contribution in [3.05, 3.63) is 53.6 Å². The van der Waals surface area contributed by atoms with Crippen molar-refractivity contribution in [3.8, 4) is 11.5 Å². The highest BCUT2D eigenvalue weighted by atomic mass is 19.1. The van der Waals surface area contributed by atoms with Gasteiger partial charge in [-0.25, -0.2) is 4.98 Å². The second-order valence-electron chi connectivity index (χ2n) is 3.55. The first-order chi connectivity index (χ1) is 8.72. The summed E-state index contributed by atoms with van der Waals surface area (Å²) in [5, 5.41) is 9.45. The molecular formula is C13H10FNO3. The van der Waals surface area contributed by atoms with E-state index < -0.39 is 5.95 Å². The fraction of sp³-hybridized carbons (Fsp3) is 0.0769. The van der Waals surface area contributed by atoms with Gasteiger partial charge in [-0.15, -0.1) is 0 Å². The van der Waals surface area contributed by atoms with Crippen molar-refractivity contribution in [2.24, 2.45) is 0 Å². The zero-order chi connectivity index (χ0) is 13.0. The number of pyridine rings is 1. The maximum atomic E-state index is 13.2. The minimum atomic E-state index is -0.620. The molecule has 1 aromatic heterocycles. The Morgan fingerprint density at radius 2 is 2.17 bits per heavy atom. The molecule has 0 radical (unpaired) electrons. The third-order valence-electron chi connectivity index (χ3n) is 2.38. The lowest BCUT2D eigenvalue weighted by atomic mass is 10.2. The highest BCUT2D eigenvalue weighted by molar-refractivity contribution is 5.83. The summed E-state index contributed by atoms with van der Waals surface area (Å²) >= 11 is 0. The van der Waals surface area contributed by atoms with Gasteiger partial charge in [0.05, 0.1) is 5.56 Å². The van der Waals surface area contributed by atoms with Gasteiger partial charge in [0.1, 0.15) is 18.1 Å². The minimum absolute atomic E-state index is 0.0433. The Balaban J connectivity index is 2.18. The number of aromatic nitrogens is 1. The molecule has 0 aliphatic heterocycles. The van der Waals surface area contributed by atoms with Gasteiger partial charge in [0.15, 0.2) is 6.29 Å². The molecule has 18 heavy (non-hydrogen) atoms. The highest BCUT2D eigenvalue weighted by Gasteiger charge is 2.09. The fourth-order valence-electron chi connectivity index (χ4n) is 1.46. The lowest BCUT2D eigenvalue weighted by Crippen LogP contribution is -2.01. The van der Waals surface area contributed by atoms with Crippen molar-refractivity contribution < 1.29 is 19.0 Å². The molecule has 0 saturated heterocycles. The number of benzene rings is 1. The number of phenols is 1. The number of phenolic OH excluding ortho intramolecular Hbond substituents is 1. The van der Waals surface area contributed by atoms with Crippen molar-refractivity contribution in [1.29, 1.82) is 0 Å². The topological polar surface area (TPSA) is 59.4 Å². The number of carbonyl (C=O) groups is 1. The second-order valence-corrected chi connectivity index (χ2v) is 3.55. The predicted molar refractivity (Wildman–Crippen MR) is 62.0 cm³/mol. The van der Waals surface area contributed by atoms with Crippen molar-refractivity contribution >= 4 is 6.29 Å². The van der Waals surface area contributed by atoms with Crippen LogP contribution in [0.4, 0.5) is 4.39 Å². The summed E-state index contributed by atoms with van der Waals surface area (Å²) in [6.07, 6.45) is 1.83. The summed E-state index contributed by atoms with van der Waals surface area (Å²) in [4.78, 5) is 14.3. The lowest BCUT2D eigenvalue weighted by Gasteiger charge is -2.09. The van der Waals surface area contributed by atoms with Crippen LogP contribution in [0.1, 0.15) is 15.9 Å². The molecule has 0 aliphatic rings. The molecule has 0 aliphatic carbocycles. The maximum absolute atomic E-state index is 13.2. The zero-order valence-electron chi connectivity index (χ0n) is 9.34. The minimum Gasteiger partial charge on any atom is -0.507 e. The third kappa shape index (κ3) is 2.45. The highest BCUT2D eigenvalue weighted by Crippen LogP contribution is 2.26. The Bertz CT molecular complexity index is 572. The molecule has 1 N–H and O–H groups in total. The van der Waals surface area contributed by atoms with Crippen LogP contribution in [0.15, 0.2) is 36.5 Å². The van der Waals surface area contributed by atoms with E-state index in [4.69, 9.17) is 4.74 Å². The van der Waals surface area contributed by atoms with E-state index in [-0.39, 0.29) is 29.2 Å². The van der Waals surface area contributed by atoms with Crippen LogP contribution >= 0.6 is 0 Å². The molecule has 1 aromatic carbocycles. The number of aromatic hydroxyl groups is 1. The summed E-state index contributed by atoms with van der Waals surface area (Å²) in [5.74, 6) is -0.590. The third-order valence-corrected chi connectivity index (χ3v) is 2.38. The number of hydrogen-bond acceptors (Lipinski definition) is 4. The van der Waals surface area contributed by atoms with Crippen LogP contribution in [0.25, 0.3) is 0 Å². The number of ether oxygens (including phenoxy) is 1. The van der Waals surface area contributed by atoms with Crippen molar-refractivity contribution in [1.82, 2.24) is 4.98 Å². The molecule has 92 valence electrons. The quantitative estimate of drug-likeness (QED) is 0.665. The van der Waals surface area contributed by atoms with Crippen LogP contribution in [0.5, 0.6) is 11.5 Å². The summed E-state index contributed by atoms with van der Waals surface area (Å²) in [5.41, 5.74) is 0.319. The number of carbonyl (C=O) groups excluding carboxylic acids is 1. The van der Waals surface area contributed by atoms with E-state index in [0.717, 1.165) is 0 Å². The molecule has 0 amide bonds. The zero-order valence-corrected chi connectivity index (χ0v) is 9.34. The van der Waals surface area contributed by atoms with Gasteiger partial charge >= 0.3 is 0 Å². The maximum Gasteiger partial charge on any atom is 0.219 e. The normalized spacial score (nSPS) is 10.1. The molecule has 0 atom stereocenters. The molecule has 0 bridgehead atoms. The number of nitrogens with zero attached hydrogens (tertiary/aromatic N) is 1. The Kier molecular flexibility index (Phi) is 3.52. The van der Waals surface area contributed by atoms with Gasteiger partial charge in [-0.2, -0.15) is 4.39 Å². The summed E-state index contributed by atoms with van der Waals surface area (Å²) in [6.45, 7) is -0.0655. The molecule has 0 fully saturated rings. The van der Waals surface area contributed by atoms with Crippen LogP contribution in [-0.2, 0) is 6.61 Å². The molecule has 4 nitrogen and oxygen atoms in total. The van der Waals surface area contributed by atoms with Crippen LogP contribution in [0.3, 0.4) is 0 Å². The van der Waals surface area contributed by atoms with E-state index in [9.17, 15) is 14.3 Å². The van der Waals surface area contributed by atoms with E-state index in [1.165, 1.54) is 30.5 Å². The average molecular weight is 247 g/mol. The smallest absolute Gasteiger partial charge is 0.219 e. The first kappa shape index (κ1) is 12.0. The van der Waals surface area contributed by atoms with Gasteiger partial charge in [-0.1, -0.05) is 6.07 Å². The molecule has 2 aromatic rings. The van der Waals surface area contributed by atoms with Crippen LogP contribution in [0, 0.1) is 5.95 Å². The molecule has 1 heterocycles. The largest absolute Gasteiger partial charge is 0.507 e. The number of halogens is 1. The molecule has 5 heteroatoms. The first-order valence-corrected chi connectivity index (χ1v) is 5.21. The number of hydrogen-bond donors (Lipinski definition) is 1. The van der Waals surface area contributed by atoms with E-state index >= 15 is 0 Å². The van der Waals surface area contributed by atoms with Gasteiger partial charge < -0.3 is 9.84 Å².